The molecule has 0 saturated carbocycles. The number of carbonyl (C=O) groups excluding carboxylic acids is 1. The van der Waals surface area contributed by atoms with Gasteiger partial charge in [-0.05, 0) is 23.8 Å². The van der Waals surface area contributed by atoms with Gasteiger partial charge in [0, 0.05) is 27.1 Å². The quantitative estimate of drug-likeness (QED) is 0.788. The summed E-state index contributed by atoms with van der Waals surface area (Å²) >= 11 is 7.24. The number of ether oxygens (including phenoxy) is 1. The predicted octanol–water partition coefficient (Wildman–Crippen LogP) is 4.19. The van der Waals surface area contributed by atoms with E-state index >= 15 is 0 Å². The monoisotopic (exact) mass is 374 g/mol. The van der Waals surface area contributed by atoms with Gasteiger partial charge in [0.1, 0.15) is 5.75 Å². The smallest absolute Gasteiger partial charge is 0.151 e. The van der Waals surface area contributed by atoms with E-state index in [9.17, 15) is 4.79 Å². The summed E-state index contributed by atoms with van der Waals surface area (Å²) in [5.41, 5.74) is 1.01. The lowest BCUT2D eigenvalue weighted by Gasteiger charge is -2.30. The highest BCUT2D eigenvalue weighted by molar-refractivity contribution is 9.10. The molecule has 0 radical (unpaired) electrons. The van der Waals surface area contributed by atoms with Crippen molar-refractivity contribution in [3.8, 4) is 5.75 Å². The van der Waals surface area contributed by atoms with Crippen molar-refractivity contribution in [2.45, 2.75) is 36.0 Å². The van der Waals surface area contributed by atoms with Gasteiger partial charge < -0.3 is 4.74 Å². The zero-order chi connectivity index (χ0) is 14.7. The van der Waals surface area contributed by atoms with E-state index in [0.717, 1.165) is 21.5 Å². The molecule has 2 nitrogen and oxygen atoms in total. The van der Waals surface area contributed by atoms with Crippen LogP contribution >= 0.6 is 39.5 Å². The summed E-state index contributed by atoms with van der Waals surface area (Å²) in [7, 11) is 1.64. The van der Waals surface area contributed by atoms with E-state index in [-0.39, 0.29) is 5.25 Å². The van der Waals surface area contributed by atoms with Crippen LogP contribution in [0, 0.1) is 0 Å². The van der Waals surface area contributed by atoms with E-state index < -0.39 is 0 Å². The van der Waals surface area contributed by atoms with Crippen LogP contribution in [0.4, 0.5) is 0 Å². The Morgan fingerprint density at radius 3 is 2.80 bits per heavy atom. The van der Waals surface area contributed by atoms with E-state index in [1.54, 1.807) is 7.11 Å². The third-order valence-electron chi connectivity index (χ3n) is 3.53. The van der Waals surface area contributed by atoms with Gasteiger partial charge >= 0.3 is 0 Å². The molecule has 1 fully saturated rings. The lowest BCUT2D eigenvalue weighted by molar-refractivity contribution is -0.117. The molecule has 0 N–H and O–H groups in total. The van der Waals surface area contributed by atoms with Gasteiger partial charge in [-0.15, -0.1) is 11.8 Å². The summed E-state index contributed by atoms with van der Waals surface area (Å²) in [6.07, 6.45) is 0.469. The standard InChI is InChI=1S/C15H19BrO2S2/c1-9-10(2)20-15(8-19-9)14(17)7-11-6-12(18-3)4-5-13(11)16/h4-6,9-10,15H,7-8H2,1-3H3. The molecule has 0 bridgehead atoms. The number of methoxy groups -OCH3 is 1. The number of halogens is 1. The molecule has 110 valence electrons. The fourth-order valence-electron chi connectivity index (χ4n) is 2.07. The topological polar surface area (TPSA) is 26.3 Å². The third kappa shape index (κ3) is 3.95. The first-order valence-electron chi connectivity index (χ1n) is 6.63. The van der Waals surface area contributed by atoms with Crippen LogP contribution in [-0.2, 0) is 11.2 Å². The largest absolute Gasteiger partial charge is 0.497 e. The summed E-state index contributed by atoms with van der Waals surface area (Å²) in [4.78, 5) is 12.5. The molecule has 1 heterocycles. The van der Waals surface area contributed by atoms with Crippen LogP contribution in [0.3, 0.4) is 0 Å². The molecule has 1 aromatic rings. The first kappa shape index (κ1) is 16.2. The molecule has 20 heavy (non-hydrogen) atoms. The fraction of sp³-hybridized carbons (Fsp3) is 0.533. The second-order valence-corrected chi connectivity index (χ2v) is 8.82. The summed E-state index contributed by atoms with van der Waals surface area (Å²) in [5, 5.41) is 1.29. The van der Waals surface area contributed by atoms with Crippen LogP contribution in [0.25, 0.3) is 0 Å². The van der Waals surface area contributed by atoms with E-state index in [1.165, 1.54) is 0 Å². The highest BCUT2D eigenvalue weighted by Crippen LogP contribution is 2.36. The lowest BCUT2D eigenvalue weighted by Crippen LogP contribution is -2.32. The van der Waals surface area contributed by atoms with Crippen LogP contribution < -0.4 is 4.74 Å². The van der Waals surface area contributed by atoms with Gasteiger partial charge in [-0.2, -0.15) is 11.8 Å². The summed E-state index contributed by atoms with van der Waals surface area (Å²) in [5.74, 6) is 2.04. The molecule has 3 atom stereocenters. The molecular weight excluding hydrogens is 356 g/mol. The van der Waals surface area contributed by atoms with Crippen LogP contribution in [0.15, 0.2) is 22.7 Å². The average molecular weight is 375 g/mol. The third-order valence-corrected chi connectivity index (χ3v) is 7.74. The van der Waals surface area contributed by atoms with Crippen LogP contribution in [0.5, 0.6) is 5.75 Å². The number of benzene rings is 1. The number of rotatable bonds is 4. The Morgan fingerprint density at radius 2 is 2.15 bits per heavy atom. The molecule has 0 amide bonds. The fourth-order valence-corrected chi connectivity index (χ4v) is 5.34. The molecular formula is C15H19BrO2S2. The number of Topliss-reactive ketones (excluding diaryl/α,β-unsaturated/α-hetero) is 1. The maximum atomic E-state index is 12.5. The van der Waals surface area contributed by atoms with Crippen molar-refractivity contribution in [1.29, 1.82) is 0 Å². The van der Waals surface area contributed by atoms with Gasteiger partial charge in [0.15, 0.2) is 5.78 Å². The average Bonchev–Trinajstić information content (AvgIpc) is 2.44. The van der Waals surface area contributed by atoms with E-state index in [4.69, 9.17) is 4.74 Å². The predicted molar refractivity (Wildman–Crippen MR) is 92.2 cm³/mol. The van der Waals surface area contributed by atoms with Crippen molar-refractivity contribution in [3.05, 3.63) is 28.2 Å². The first-order valence-corrected chi connectivity index (χ1v) is 9.42. The highest BCUT2D eigenvalue weighted by atomic mass is 79.9. The molecule has 0 spiro atoms. The molecule has 0 aliphatic carbocycles. The molecule has 0 aromatic heterocycles. The Balaban J connectivity index is 2.04. The van der Waals surface area contributed by atoms with Gasteiger partial charge in [-0.3, -0.25) is 4.79 Å². The molecule has 5 heteroatoms. The van der Waals surface area contributed by atoms with Gasteiger partial charge in [0.05, 0.1) is 12.4 Å². The normalized spacial score (nSPS) is 26.3. The van der Waals surface area contributed by atoms with Gasteiger partial charge in [-0.1, -0.05) is 29.8 Å². The maximum Gasteiger partial charge on any atom is 0.151 e. The Hall–Kier alpha value is -0.130. The van der Waals surface area contributed by atoms with Gasteiger partial charge in [0.2, 0.25) is 0 Å². The number of hydrogen-bond donors (Lipinski definition) is 0. The van der Waals surface area contributed by atoms with Crippen molar-refractivity contribution in [1.82, 2.24) is 0 Å². The van der Waals surface area contributed by atoms with Crippen LogP contribution in [0.2, 0.25) is 0 Å². The van der Waals surface area contributed by atoms with Crippen LogP contribution in [0.1, 0.15) is 19.4 Å². The second-order valence-electron chi connectivity index (χ2n) is 4.97. The van der Waals surface area contributed by atoms with Crippen molar-refractivity contribution >= 4 is 45.2 Å². The van der Waals surface area contributed by atoms with Crippen molar-refractivity contribution in [2.75, 3.05) is 12.9 Å². The summed E-state index contributed by atoms with van der Waals surface area (Å²) in [6, 6.07) is 5.77. The summed E-state index contributed by atoms with van der Waals surface area (Å²) < 4.78 is 6.20. The first-order chi connectivity index (χ1) is 9.51. The molecule has 2 rings (SSSR count). The van der Waals surface area contributed by atoms with Gasteiger partial charge in [-0.25, -0.2) is 0 Å². The SMILES string of the molecule is COc1ccc(Br)c(CC(=O)C2CSC(C)C(C)S2)c1. The number of hydrogen-bond acceptors (Lipinski definition) is 4. The number of ketones is 1. The molecule has 1 saturated heterocycles. The molecule has 1 aromatic carbocycles. The zero-order valence-electron chi connectivity index (χ0n) is 11.9. The minimum atomic E-state index is 0.115. The molecule has 1 aliphatic heterocycles. The van der Waals surface area contributed by atoms with Crippen molar-refractivity contribution in [2.24, 2.45) is 0 Å². The molecule has 3 unspecified atom stereocenters. The second kappa shape index (κ2) is 7.23. The van der Waals surface area contributed by atoms with Crippen molar-refractivity contribution in [3.63, 3.8) is 0 Å². The maximum absolute atomic E-state index is 12.5. The molecule has 1 aliphatic rings. The summed E-state index contributed by atoms with van der Waals surface area (Å²) in [6.45, 7) is 4.45. The Labute approximate surface area is 137 Å². The minimum Gasteiger partial charge on any atom is -0.497 e. The van der Waals surface area contributed by atoms with E-state index in [0.29, 0.717) is 22.7 Å². The van der Waals surface area contributed by atoms with Crippen LogP contribution in [-0.4, -0.2) is 34.4 Å². The lowest BCUT2D eigenvalue weighted by atomic mass is 10.1. The number of thioether (sulfide) groups is 2. The Kier molecular flexibility index (Phi) is 5.87. The Bertz CT molecular complexity index is 493. The van der Waals surface area contributed by atoms with Gasteiger partial charge in [0.25, 0.3) is 0 Å². The number of carbonyl (C=O) groups is 1. The Morgan fingerprint density at radius 1 is 1.40 bits per heavy atom. The highest BCUT2D eigenvalue weighted by Gasteiger charge is 2.30. The zero-order valence-corrected chi connectivity index (χ0v) is 15.1. The van der Waals surface area contributed by atoms with E-state index in [2.05, 4.69) is 29.8 Å². The van der Waals surface area contributed by atoms with Crippen molar-refractivity contribution < 1.29 is 9.53 Å². The minimum absolute atomic E-state index is 0.115. The van der Waals surface area contributed by atoms with E-state index in [1.807, 2.05) is 41.7 Å².